The van der Waals surface area contributed by atoms with Gasteiger partial charge >= 0.3 is 0 Å². The normalized spacial score (nSPS) is 15.1. The van der Waals surface area contributed by atoms with Gasteiger partial charge in [0.25, 0.3) is 0 Å². The fourth-order valence-electron chi connectivity index (χ4n) is 1.26. The van der Waals surface area contributed by atoms with E-state index in [0.29, 0.717) is 0 Å². The lowest BCUT2D eigenvalue weighted by atomic mass is 9.88. The second kappa shape index (κ2) is 8.37. The zero-order valence-corrected chi connectivity index (χ0v) is 10.8. The molecule has 14 heavy (non-hydrogen) atoms. The van der Waals surface area contributed by atoms with E-state index in [2.05, 4.69) is 38.7 Å². The predicted octanol–water partition coefficient (Wildman–Crippen LogP) is 3.32. The molecule has 0 aliphatic heterocycles. The minimum atomic E-state index is 0.275. The molecular formula is C12H25NS. The summed E-state index contributed by atoms with van der Waals surface area (Å²) in [6.07, 6.45) is 4.54. The third kappa shape index (κ3) is 6.50. The molecule has 1 nitrogen and oxygen atoms in total. The van der Waals surface area contributed by atoms with E-state index in [-0.39, 0.29) is 5.41 Å². The molecule has 0 saturated heterocycles. The molecule has 1 atom stereocenters. The van der Waals surface area contributed by atoms with Crippen molar-refractivity contribution >= 4 is 11.8 Å². The van der Waals surface area contributed by atoms with E-state index in [1.807, 2.05) is 11.8 Å². The number of thioether (sulfide) groups is 1. The van der Waals surface area contributed by atoms with Crippen molar-refractivity contribution in [3.63, 3.8) is 0 Å². The van der Waals surface area contributed by atoms with Crippen molar-refractivity contribution in [1.29, 1.82) is 0 Å². The van der Waals surface area contributed by atoms with Crippen molar-refractivity contribution in [1.82, 2.24) is 5.32 Å². The van der Waals surface area contributed by atoms with Crippen LogP contribution in [0.2, 0.25) is 0 Å². The predicted molar refractivity (Wildman–Crippen MR) is 69.1 cm³/mol. The van der Waals surface area contributed by atoms with Gasteiger partial charge in [-0.2, -0.15) is 11.8 Å². The Morgan fingerprint density at radius 2 is 2.14 bits per heavy atom. The first-order chi connectivity index (χ1) is 6.68. The van der Waals surface area contributed by atoms with Crippen LogP contribution in [-0.2, 0) is 0 Å². The molecule has 0 aliphatic carbocycles. The highest BCUT2D eigenvalue weighted by atomic mass is 32.2. The van der Waals surface area contributed by atoms with E-state index in [9.17, 15) is 0 Å². The van der Waals surface area contributed by atoms with Gasteiger partial charge in [-0.15, -0.1) is 6.58 Å². The molecule has 0 fully saturated rings. The molecule has 0 aromatic carbocycles. The van der Waals surface area contributed by atoms with Crippen molar-refractivity contribution in [2.45, 2.75) is 33.6 Å². The van der Waals surface area contributed by atoms with E-state index in [4.69, 9.17) is 0 Å². The highest BCUT2D eigenvalue weighted by Crippen LogP contribution is 2.23. The first-order valence-electron chi connectivity index (χ1n) is 5.60. The summed E-state index contributed by atoms with van der Waals surface area (Å²) in [5.41, 5.74) is 0.275. The van der Waals surface area contributed by atoms with E-state index >= 15 is 0 Å². The number of rotatable bonds is 9. The molecule has 1 N–H and O–H groups in total. The van der Waals surface area contributed by atoms with Crippen LogP contribution in [0.15, 0.2) is 12.7 Å². The molecule has 0 radical (unpaired) electrons. The average Bonchev–Trinajstić information content (AvgIpc) is 2.19. The van der Waals surface area contributed by atoms with Crippen LogP contribution in [0.3, 0.4) is 0 Å². The lowest BCUT2D eigenvalue weighted by Crippen LogP contribution is -2.31. The standard InChI is InChI=1S/C12H25NS/c1-5-9-13-11-12(4,6-2)8-10-14-7-3/h6,13H,2,5,7-11H2,1,3-4H3. The second-order valence-corrected chi connectivity index (χ2v) is 5.38. The molecule has 0 aromatic rings. The molecule has 0 saturated carbocycles. The van der Waals surface area contributed by atoms with Crippen LogP contribution in [0.4, 0.5) is 0 Å². The van der Waals surface area contributed by atoms with Crippen molar-refractivity contribution < 1.29 is 0 Å². The molecule has 0 rings (SSSR count). The van der Waals surface area contributed by atoms with Crippen LogP contribution in [-0.4, -0.2) is 24.6 Å². The summed E-state index contributed by atoms with van der Waals surface area (Å²) in [6, 6.07) is 0. The Labute approximate surface area is 93.7 Å². The fraction of sp³-hybridized carbons (Fsp3) is 0.833. The van der Waals surface area contributed by atoms with Crippen LogP contribution >= 0.6 is 11.8 Å². The molecule has 0 bridgehead atoms. The van der Waals surface area contributed by atoms with Gasteiger partial charge in [-0.25, -0.2) is 0 Å². The molecule has 1 unspecified atom stereocenters. The highest BCUT2D eigenvalue weighted by molar-refractivity contribution is 7.99. The Morgan fingerprint density at radius 1 is 1.43 bits per heavy atom. The third-order valence-electron chi connectivity index (χ3n) is 2.47. The Bertz CT molecular complexity index is 135. The van der Waals surface area contributed by atoms with Gasteiger partial charge in [0.2, 0.25) is 0 Å². The maximum absolute atomic E-state index is 3.94. The van der Waals surface area contributed by atoms with Crippen molar-refractivity contribution in [3.8, 4) is 0 Å². The monoisotopic (exact) mass is 215 g/mol. The third-order valence-corrected chi connectivity index (χ3v) is 3.37. The van der Waals surface area contributed by atoms with Gasteiger partial charge in [0.1, 0.15) is 0 Å². The molecule has 0 aromatic heterocycles. The summed E-state index contributed by atoms with van der Waals surface area (Å²) in [7, 11) is 0. The quantitative estimate of drug-likeness (QED) is 0.468. The molecule has 0 aliphatic rings. The Balaban J connectivity index is 3.73. The number of hydrogen-bond donors (Lipinski definition) is 1. The first kappa shape index (κ1) is 14.1. The maximum atomic E-state index is 3.94. The average molecular weight is 215 g/mol. The topological polar surface area (TPSA) is 12.0 Å². The lowest BCUT2D eigenvalue weighted by molar-refractivity contribution is 0.384. The smallest absolute Gasteiger partial charge is 0.00400 e. The summed E-state index contributed by atoms with van der Waals surface area (Å²) in [5.74, 6) is 2.46. The number of nitrogens with one attached hydrogen (secondary N) is 1. The number of hydrogen-bond acceptors (Lipinski definition) is 2. The molecule has 84 valence electrons. The molecule has 0 amide bonds. The molecule has 0 heterocycles. The SMILES string of the molecule is C=CC(C)(CCSCC)CNCCC. The zero-order valence-electron chi connectivity index (χ0n) is 9.94. The van der Waals surface area contributed by atoms with Gasteiger partial charge in [0.05, 0.1) is 0 Å². The van der Waals surface area contributed by atoms with Crippen LogP contribution in [0, 0.1) is 5.41 Å². The molecule has 2 heteroatoms. The first-order valence-corrected chi connectivity index (χ1v) is 6.76. The summed E-state index contributed by atoms with van der Waals surface area (Å²) in [5, 5.41) is 3.47. The lowest BCUT2D eigenvalue weighted by Gasteiger charge is -2.26. The second-order valence-electron chi connectivity index (χ2n) is 3.98. The van der Waals surface area contributed by atoms with Gasteiger partial charge in [0.15, 0.2) is 0 Å². The van der Waals surface area contributed by atoms with Crippen molar-refractivity contribution in [2.75, 3.05) is 24.6 Å². The van der Waals surface area contributed by atoms with Crippen LogP contribution in [0.1, 0.15) is 33.6 Å². The highest BCUT2D eigenvalue weighted by Gasteiger charge is 2.18. The molecule has 0 spiro atoms. The zero-order chi connectivity index (χ0) is 10.9. The van der Waals surface area contributed by atoms with Gasteiger partial charge in [-0.05, 0) is 36.3 Å². The molecular weight excluding hydrogens is 190 g/mol. The van der Waals surface area contributed by atoms with E-state index < -0.39 is 0 Å². The fourth-order valence-corrected chi connectivity index (χ4v) is 2.16. The van der Waals surface area contributed by atoms with Crippen molar-refractivity contribution in [2.24, 2.45) is 5.41 Å². The summed E-state index contributed by atoms with van der Waals surface area (Å²) >= 11 is 2.01. The summed E-state index contributed by atoms with van der Waals surface area (Å²) in [6.45, 7) is 12.8. The minimum Gasteiger partial charge on any atom is -0.316 e. The van der Waals surface area contributed by atoms with Gasteiger partial charge in [-0.1, -0.05) is 26.8 Å². The Kier molecular flexibility index (Phi) is 8.40. The maximum Gasteiger partial charge on any atom is 0.00400 e. The van der Waals surface area contributed by atoms with Crippen LogP contribution in [0.5, 0.6) is 0 Å². The Morgan fingerprint density at radius 3 is 2.64 bits per heavy atom. The van der Waals surface area contributed by atoms with Gasteiger partial charge in [-0.3, -0.25) is 0 Å². The summed E-state index contributed by atoms with van der Waals surface area (Å²) < 4.78 is 0. The minimum absolute atomic E-state index is 0.275. The van der Waals surface area contributed by atoms with E-state index in [0.717, 1.165) is 13.1 Å². The van der Waals surface area contributed by atoms with E-state index in [1.54, 1.807) is 0 Å². The van der Waals surface area contributed by atoms with Gasteiger partial charge < -0.3 is 5.32 Å². The van der Waals surface area contributed by atoms with Crippen LogP contribution in [0.25, 0.3) is 0 Å². The van der Waals surface area contributed by atoms with Gasteiger partial charge in [0, 0.05) is 6.54 Å². The Hall–Kier alpha value is 0.0500. The largest absolute Gasteiger partial charge is 0.316 e. The summed E-state index contributed by atoms with van der Waals surface area (Å²) in [4.78, 5) is 0. The van der Waals surface area contributed by atoms with Crippen molar-refractivity contribution in [3.05, 3.63) is 12.7 Å². The van der Waals surface area contributed by atoms with E-state index in [1.165, 1.54) is 24.3 Å². The van der Waals surface area contributed by atoms with Crippen LogP contribution < -0.4 is 5.32 Å².